The van der Waals surface area contributed by atoms with Crippen molar-refractivity contribution in [2.75, 3.05) is 19.7 Å². The second-order valence-corrected chi connectivity index (χ2v) is 7.08. The number of ether oxygens (including phenoxy) is 1. The predicted octanol–water partition coefficient (Wildman–Crippen LogP) is 3.06. The summed E-state index contributed by atoms with van der Waals surface area (Å²) in [5.74, 6) is 1.45. The Balaban J connectivity index is 1.71. The molecule has 2 saturated heterocycles. The molecule has 0 aromatic heterocycles. The minimum Gasteiger partial charge on any atom is -0.508 e. The number of amides is 1. The summed E-state index contributed by atoms with van der Waals surface area (Å²) in [6.07, 6.45) is 3.11. The van der Waals surface area contributed by atoms with Crippen molar-refractivity contribution >= 4 is 5.91 Å². The van der Waals surface area contributed by atoms with Crippen molar-refractivity contribution in [3.05, 3.63) is 29.8 Å². The third kappa shape index (κ3) is 2.98. The van der Waals surface area contributed by atoms with E-state index in [1.165, 1.54) is 0 Å². The van der Waals surface area contributed by atoms with Crippen LogP contribution < -0.4 is 0 Å². The van der Waals surface area contributed by atoms with E-state index in [9.17, 15) is 9.90 Å². The molecule has 2 aliphatic rings. The number of phenolic OH excluding ortho intramolecular Hbond substituents is 1. The van der Waals surface area contributed by atoms with Crippen LogP contribution in [0, 0.1) is 11.8 Å². The first kappa shape index (κ1) is 15.3. The van der Waals surface area contributed by atoms with E-state index in [0.29, 0.717) is 23.9 Å². The molecular weight excluding hydrogens is 278 g/mol. The van der Waals surface area contributed by atoms with E-state index in [1.54, 1.807) is 24.3 Å². The van der Waals surface area contributed by atoms with Crippen LogP contribution in [0.5, 0.6) is 5.75 Å². The Morgan fingerprint density at radius 1 is 1.36 bits per heavy atom. The van der Waals surface area contributed by atoms with Gasteiger partial charge in [-0.3, -0.25) is 4.79 Å². The van der Waals surface area contributed by atoms with Gasteiger partial charge in [0.15, 0.2) is 0 Å². The molecule has 1 N–H and O–H groups in total. The number of likely N-dealkylation sites (tertiary alicyclic amines) is 1. The average molecular weight is 303 g/mol. The van der Waals surface area contributed by atoms with Gasteiger partial charge in [-0.1, -0.05) is 13.8 Å². The SMILES string of the molecule is CC(C)C1COC2(CCCN(C(=O)c3ccc(O)cc3)C2)C1. The maximum Gasteiger partial charge on any atom is 0.253 e. The molecule has 1 spiro atoms. The maximum atomic E-state index is 12.7. The van der Waals surface area contributed by atoms with Crippen LogP contribution in [0.3, 0.4) is 0 Å². The third-order valence-electron chi connectivity index (χ3n) is 5.12. The fourth-order valence-corrected chi connectivity index (χ4v) is 3.65. The summed E-state index contributed by atoms with van der Waals surface area (Å²) in [6.45, 7) is 6.79. The molecule has 2 aliphatic heterocycles. The van der Waals surface area contributed by atoms with Crippen molar-refractivity contribution in [2.45, 2.75) is 38.7 Å². The molecule has 2 fully saturated rings. The zero-order chi connectivity index (χ0) is 15.7. The first-order valence-electron chi connectivity index (χ1n) is 8.21. The summed E-state index contributed by atoms with van der Waals surface area (Å²) in [5.41, 5.74) is 0.494. The molecule has 0 aliphatic carbocycles. The summed E-state index contributed by atoms with van der Waals surface area (Å²) in [7, 11) is 0. The standard InChI is InChI=1S/C18H25NO3/c1-13(2)15-10-18(22-11-15)8-3-9-19(12-18)17(21)14-4-6-16(20)7-5-14/h4-7,13,15,20H,3,8-12H2,1-2H3. The number of carbonyl (C=O) groups is 1. The lowest BCUT2D eigenvalue weighted by Gasteiger charge is -2.40. The Labute approximate surface area is 132 Å². The van der Waals surface area contributed by atoms with Gasteiger partial charge in [-0.25, -0.2) is 0 Å². The fourth-order valence-electron chi connectivity index (χ4n) is 3.65. The number of phenols is 1. The van der Waals surface area contributed by atoms with E-state index in [0.717, 1.165) is 32.4 Å². The minimum atomic E-state index is -0.139. The molecule has 2 unspecified atom stereocenters. The van der Waals surface area contributed by atoms with Crippen molar-refractivity contribution in [1.29, 1.82) is 0 Å². The lowest BCUT2D eigenvalue weighted by molar-refractivity contribution is -0.0451. The Morgan fingerprint density at radius 3 is 2.73 bits per heavy atom. The van der Waals surface area contributed by atoms with Crippen LogP contribution in [0.25, 0.3) is 0 Å². The van der Waals surface area contributed by atoms with Gasteiger partial charge in [0.25, 0.3) is 5.91 Å². The lowest BCUT2D eigenvalue weighted by Crippen LogP contribution is -2.50. The Bertz CT molecular complexity index is 540. The molecule has 4 nitrogen and oxygen atoms in total. The summed E-state index contributed by atoms with van der Waals surface area (Å²) in [5, 5.41) is 9.35. The van der Waals surface area contributed by atoms with Crippen molar-refractivity contribution in [1.82, 2.24) is 4.90 Å². The highest BCUT2D eigenvalue weighted by Gasteiger charge is 2.45. The topological polar surface area (TPSA) is 49.8 Å². The summed E-state index contributed by atoms with van der Waals surface area (Å²) < 4.78 is 6.16. The van der Waals surface area contributed by atoms with Crippen LogP contribution in [-0.4, -0.2) is 41.2 Å². The van der Waals surface area contributed by atoms with Crippen molar-refractivity contribution < 1.29 is 14.6 Å². The number of benzene rings is 1. The Morgan fingerprint density at radius 2 is 2.09 bits per heavy atom. The highest BCUT2D eigenvalue weighted by atomic mass is 16.5. The molecular formula is C18H25NO3. The van der Waals surface area contributed by atoms with E-state index < -0.39 is 0 Å². The third-order valence-corrected chi connectivity index (χ3v) is 5.12. The van der Waals surface area contributed by atoms with Crippen LogP contribution >= 0.6 is 0 Å². The molecule has 2 atom stereocenters. The normalized spacial score (nSPS) is 28.5. The molecule has 1 aromatic carbocycles. The number of carbonyl (C=O) groups excluding carboxylic acids is 1. The molecule has 3 rings (SSSR count). The summed E-state index contributed by atoms with van der Waals surface area (Å²) >= 11 is 0. The number of nitrogens with zero attached hydrogens (tertiary/aromatic N) is 1. The van der Waals surface area contributed by atoms with Gasteiger partial charge >= 0.3 is 0 Å². The molecule has 1 aromatic rings. The van der Waals surface area contributed by atoms with Gasteiger partial charge in [-0.05, 0) is 55.4 Å². The highest BCUT2D eigenvalue weighted by Crippen LogP contribution is 2.40. The van der Waals surface area contributed by atoms with E-state index in [1.807, 2.05) is 4.90 Å². The number of rotatable bonds is 2. The fraction of sp³-hybridized carbons (Fsp3) is 0.611. The first-order valence-corrected chi connectivity index (χ1v) is 8.21. The van der Waals surface area contributed by atoms with Gasteiger partial charge in [0, 0.05) is 18.7 Å². The van der Waals surface area contributed by atoms with Gasteiger partial charge in [-0.15, -0.1) is 0 Å². The predicted molar refractivity (Wildman–Crippen MR) is 84.9 cm³/mol. The van der Waals surface area contributed by atoms with Gasteiger partial charge in [-0.2, -0.15) is 0 Å². The lowest BCUT2D eigenvalue weighted by atomic mass is 9.82. The second kappa shape index (κ2) is 5.92. The minimum absolute atomic E-state index is 0.0377. The zero-order valence-corrected chi connectivity index (χ0v) is 13.4. The zero-order valence-electron chi connectivity index (χ0n) is 13.4. The second-order valence-electron chi connectivity index (χ2n) is 7.08. The van der Waals surface area contributed by atoms with Crippen molar-refractivity contribution in [2.24, 2.45) is 11.8 Å². The van der Waals surface area contributed by atoms with Crippen LogP contribution in [0.2, 0.25) is 0 Å². The molecule has 0 bridgehead atoms. The van der Waals surface area contributed by atoms with E-state index in [-0.39, 0.29) is 17.3 Å². The number of hydrogen-bond donors (Lipinski definition) is 1. The molecule has 4 heteroatoms. The summed E-state index contributed by atoms with van der Waals surface area (Å²) in [6, 6.07) is 6.50. The number of aromatic hydroxyl groups is 1. The monoisotopic (exact) mass is 303 g/mol. The van der Waals surface area contributed by atoms with Gasteiger partial charge in [0.1, 0.15) is 5.75 Å². The molecule has 120 valence electrons. The highest BCUT2D eigenvalue weighted by molar-refractivity contribution is 5.94. The van der Waals surface area contributed by atoms with Gasteiger partial charge in [0.2, 0.25) is 0 Å². The Kier molecular flexibility index (Phi) is 4.13. The molecule has 0 radical (unpaired) electrons. The summed E-state index contributed by atoms with van der Waals surface area (Å²) in [4.78, 5) is 14.6. The van der Waals surface area contributed by atoms with Gasteiger partial charge in [0.05, 0.1) is 12.2 Å². The van der Waals surface area contributed by atoms with Crippen LogP contribution in [0.1, 0.15) is 43.5 Å². The van der Waals surface area contributed by atoms with E-state index in [2.05, 4.69) is 13.8 Å². The van der Waals surface area contributed by atoms with Crippen molar-refractivity contribution in [3.63, 3.8) is 0 Å². The Hall–Kier alpha value is -1.55. The number of hydrogen-bond acceptors (Lipinski definition) is 3. The average Bonchev–Trinajstić information content (AvgIpc) is 2.91. The molecule has 0 saturated carbocycles. The van der Waals surface area contributed by atoms with Crippen LogP contribution in [0.15, 0.2) is 24.3 Å². The van der Waals surface area contributed by atoms with Crippen LogP contribution in [0.4, 0.5) is 0 Å². The maximum absolute atomic E-state index is 12.7. The van der Waals surface area contributed by atoms with E-state index in [4.69, 9.17) is 4.74 Å². The molecule has 2 heterocycles. The van der Waals surface area contributed by atoms with Gasteiger partial charge < -0.3 is 14.7 Å². The van der Waals surface area contributed by atoms with Crippen LogP contribution in [-0.2, 0) is 4.74 Å². The quantitative estimate of drug-likeness (QED) is 0.913. The number of piperidine rings is 1. The largest absolute Gasteiger partial charge is 0.508 e. The van der Waals surface area contributed by atoms with Crippen molar-refractivity contribution in [3.8, 4) is 5.75 Å². The molecule has 22 heavy (non-hydrogen) atoms. The smallest absolute Gasteiger partial charge is 0.253 e. The molecule has 1 amide bonds. The first-order chi connectivity index (χ1) is 10.5. The van der Waals surface area contributed by atoms with E-state index >= 15 is 0 Å².